The fourth-order valence-corrected chi connectivity index (χ4v) is 2.53. The van der Waals surface area contributed by atoms with Gasteiger partial charge in [0.2, 0.25) is 0 Å². The predicted octanol–water partition coefficient (Wildman–Crippen LogP) is 4.73. The summed E-state index contributed by atoms with van der Waals surface area (Å²) in [6.07, 6.45) is 4.69. The molecule has 0 aliphatic heterocycles. The van der Waals surface area contributed by atoms with E-state index in [-0.39, 0.29) is 5.82 Å². The molecule has 0 spiro atoms. The summed E-state index contributed by atoms with van der Waals surface area (Å²) < 4.78 is 13.9. The maximum absolute atomic E-state index is 13.9. The Morgan fingerprint density at radius 2 is 1.86 bits per heavy atom. The Bertz CT molecular complexity index is 404. The molecule has 1 N–H and O–H groups in total. The first-order valence-corrected chi connectivity index (χ1v) is 8.35. The third-order valence-electron chi connectivity index (χ3n) is 3.66. The van der Waals surface area contributed by atoms with E-state index in [1.165, 1.54) is 12.8 Å². The molecule has 2 nitrogen and oxygen atoms in total. The molecule has 1 aromatic rings. The normalized spacial score (nSPS) is 11.1. The van der Waals surface area contributed by atoms with Gasteiger partial charge in [-0.15, -0.1) is 0 Å². The smallest absolute Gasteiger partial charge is 0.125 e. The van der Waals surface area contributed by atoms with Crippen LogP contribution in [-0.2, 0) is 6.54 Å². The number of unbranched alkanes of at least 4 members (excludes halogenated alkanes) is 2. The highest BCUT2D eigenvalue weighted by molar-refractivity contribution is 5.49. The summed E-state index contributed by atoms with van der Waals surface area (Å²) in [6.45, 7) is 11.4. The number of benzene rings is 1. The average Bonchev–Trinajstić information content (AvgIpc) is 2.43. The van der Waals surface area contributed by atoms with E-state index in [2.05, 4.69) is 44.0 Å². The van der Waals surface area contributed by atoms with E-state index in [1.807, 2.05) is 0 Å². The summed E-state index contributed by atoms with van der Waals surface area (Å²) in [6, 6.07) is 5.81. The van der Waals surface area contributed by atoms with Gasteiger partial charge in [-0.05, 0) is 57.0 Å². The summed E-state index contributed by atoms with van der Waals surface area (Å²) in [4.78, 5) is 2.31. The summed E-state index contributed by atoms with van der Waals surface area (Å²) in [5, 5.41) is 3.34. The van der Waals surface area contributed by atoms with Crippen LogP contribution in [0.5, 0.6) is 0 Å². The van der Waals surface area contributed by atoms with Crippen molar-refractivity contribution in [2.24, 2.45) is 0 Å². The molecule has 0 bridgehead atoms. The Morgan fingerprint density at radius 3 is 2.48 bits per heavy atom. The molecule has 120 valence electrons. The van der Waals surface area contributed by atoms with Gasteiger partial charge in [0.05, 0.1) is 0 Å². The Kier molecular flexibility index (Phi) is 8.36. The molecule has 1 aromatic carbocycles. The van der Waals surface area contributed by atoms with E-state index >= 15 is 0 Å². The Balaban J connectivity index is 2.81. The van der Waals surface area contributed by atoms with Gasteiger partial charge in [-0.25, -0.2) is 4.39 Å². The Hall–Kier alpha value is -1.09. The molecular weight excluding hydrogens is 263 g/mol. The average molecular weight is 294 g/mol. The Morgan fingerprint density at radius 1 is 1.10 bits per heavy atom. The minimum absolute atomic E-state index is 0.137. The largest absolute Gasteiger partial charge is 0.369 e. The molecule has 0 radical (unpaired) electrons. The van der Waals surface area contributed by atoms with Crippen LogP contribution in [0, 0.1) is 5.82 Å². The number of hydrogen-bond donors (Lipinski definition) is 1. The van der Waals surface area contributed by atoms with Gasteiger partial charge in [0.25, 0.3) is 0 Å². The lowest BCUT2D eigenvalue weighted by atomic mass is 10.1. The molecule has 0 unspecified atom stereocenters. The highest BCUT2D eigenvalue weighted by Crippen LogP contribution is 2.21. The van der Waals surface area contributed by atoms with Gasteiger partial charge in [-0.1, -0.05) is 26.7 Å². The van der Waals surface area contributed by atoms with Gasteiger partial charge < -0.3 is 10.2 Å². The molecule has 0 aliphatic rings. The van der Waals surface area contributed by atoms with Gasteiger partial charge >= 0.3 is 0 Å². The van der Waals surface area contributed by atoms with E-state index in [0.29, 0.717) is 6.04 Å². The number of halogens is 1. The molecule has 0 aromatic heterocycles. The molecule has 0 aliphatic carbocycles. The summed E-state index contributed by atoms with van der Waals surface area (Å²) in [5.74, 6) is -0.137. The molecule has 0 saturated heterocycles. The predicted molar refractivity (Wildman–Crippen MR) is 90.4 cm³/mol. The number of anilines is 1. The molecule has 0 saturated carbocycles. The fraction of sp³-hybridized carbons (Fsp3) is 0.667. The van der Waals surface area contributed by atoms with Crippen LogP contribution in [0.25, 0.3) is 0 Å². The van der Waals surface area contributed by atoms with Crippen LogP contribution in [0.1, 0.15) is 58.9 Å². The lowest BCUT2D eigenvalue weighted by Gasteiger charge is -2.29. The molecule has 0 atom stereocenters. The zero-order valence-electron chi connectivity index (χ0n) is 14.1. The van der Waals surface area contributed by atoms with Gasteiger partial charge in [0, 0.05) is 24.8 Å². The highest BCUT2D eigenvalue weighted by atomic mass is 19.1. The minimum Gasteiger partial charge on any atom is -0.369 e. The van der Waals surface area contributed by atoms with Gasteiger partial charge in [0.1, 0.15) is 5.82 Å². The topological polar surface area (TPSA) is 15.3 Å². The van der Waals surface area contributed by atoms with Gasteiger partial charge in [-0.2, -0.15) is 0 Å². The second kappa shape index (κ2) is 9.78. The van der Waals surface area contributed by atoms with Crippen molar-refractivity contribution in [2.45, 2.75) is 66.0 Å². The van der Waals surface area contributed by atoms with Crippen LogP contribution in [0.4, 0.5) is 10.1 Å². The molecule has 1 rings (SSSR count). The highest BCUT2D eigenvalue weighted by Gasteiger charge is 2.12. The Labute approximate surface area is 129 Å². The van der Waals surface area contributed by atoms with Crippen molar-refractivity contribution >= 4 is 5.69 Å². The van der Waals surface area contributed by atoms with Crippen LogP contribution < -0.4 is 10.2 Å². The molecule has 0 fully saturated rings. The van der Waals surface area contributed by atoms with Crippen molar-refractivity contribution in [1.29, 1.82) is 0 Å². The first-order chi connectivity index (χ1) is 10.1. The van der Waals surface area contributed by atoms with Crippen molar-refractivity contribution in [2.75, 3.05) is 18.0 Å². The summed E-state index contributed by atoms with van der Waals surface area (Å²) in [5.41, 5.74) is 2.04. The molecule has 3 heteroatoms. The van der Waals surface area contributed by atoms with E-state index in [0.717, 1.165) is 43.7 Å². The van der Waals surface area contributed by atoms with E-state index < -0.39 is 0 Å². The summed E-state index contributed by atoms with van der Waals surface area (Å²) >= 11 is 0. The van der Waals surface area contributed by atoms with Crippen molar-refractivity contribution in [3.8, 4) is 0 Å². The second-order valence-electron chi connectivity index (χ2n) is 5.99. The van der Waals surface area contributed by atoms with Gasteiger partial charge in [-0.3, -0.25) is 0 Å². The number of rotatable bonds is 10. The van der Waals surface area contributed by atoms with E-state index in [4.69, 9.17) is 0 Å². The molecular formula is C18H31FN2. The van der Waals surface area contributed by atoms with E-state index in [9.17, 15) is 4.39 Å². The molecule has 21 heavy (non-hydrogen) atoms. The first-order valence-electron chi connectivity index (χ1n) is 8.35. The zero-order chi connectivity index (χ0) is 15.7. The minimum atomic E-state index is -0.137. The van der Waals surface area contributed by atoms with Crippen LogP contribution in [0.2, 0.25) is 0 Å². The maximum atomic E-state index is 13.9. The maximum Gasteiger partial charge on any atom is 0.125 e. The van der Waals surface area contributed by atoms with Crippen molar-refractivity contribution in [3.05, 3.63) is 29.6 Å². The standard InChI is InChI=1S/C18H31FN2/c1-5-7-8-10-21(15(3)4)18-12-16(11-17(19)13-18)14-20-9-6-2/h11-13,15,20H,5-10,14H2,1-4H3. The lowest BCUT2D eigenvalue weighted by Crippen LogP contribution is -2.32. The number of hydrogen-bond acceptors (Lipinski definition) is 2. The number of nitrogens with zero attached hydrogens (tertiary/aromatic N) is 1. The van der Waals surface area contributed by atoms with Crippen molar-refractivity contribution in [3.63, 3.8) is 0 Å². The molecule has 0 amide bonds. The van der Waals surface area contributed by atoms with Gasteiger partial charge in [0.15, 0.2) is 0 Å². The summed E-state index contributed by atoms with van der Waals surface area (Å²) in [7, 11) is 0. The van der Waals surface area contributed by atoms with Crippen molar-refractivity contribution < 1.29 is 4.39 Å². The van der Waals surface area contributed by atoms with Crippen LogP contribution >= 0.6 is 0 Å². The second-order valence-corrected chi connectivity index (χ2v) is 5.99. The first kappa shape index (κ1) is 18.0. The quantitative estimate of drug-likeness (QED) is 0.628. The lowest BCUT2D eigenvalue weighted by molar-refractivity contribution is 0.604. The van der Waals surface area contributed by atoms with Crippen LogP contribution in [-0.4, -0.2) is 19.1 Å². The van der Waals surface area contributed by atoms with Crippen LogP contribution in [0.3, 0.4) is 0 Å². The zero-order valence-corrected chi connectivity index (χ0v) is 14.1. The van der Waals surface area contributed by atoms with E-state index in [1.54, 1.807) is 12.1 Å². The third kappa shape index (κ3) is 6.47. The number of nitrogens with one attached hydrogen (secondary N) is 1. The monoisotopic (exact) mass is 294 g/mol. The fourth-order valence-electron chi connectivity index (χ4n) is 2.53. The van der Waals surface area contributed by atoms with Crippen LogP contribution in [0.15, 0.2) is 18.2 Å². The SMILES string of the molecule is CCCCCN(c1cc(F)cc(CNCCC)c1)C(C)C. The third-order valence-corrected chi connectivity index (χ3v) is 3.66. The van der Waals surface area contributed by atoms with Crippen molar-refractivity contribution in [1.82, 2.24) is 5.32 Å². The molecule has 0 heterocycles.